The first kappa shape index (κ1) is 18.7. The molecule has 2 aliphatic rings. The molecule has 0 heterocycles. The van der Waals surface area contributed by atoms with E-state index in [0.717, 1.165) is 12.8 Å². The molecule has 0 aliphatic heterocycles. The van der Waals surface area contributed by atoms with Crippen molar-refractivity contribution < 1.29 is 26.8 Å². The van der Waals surface area contributed by atoms with Crippen molar-refractivity contribution in [3.05, 3.63) is 52.6 Å². The van der Waals surface area contributed by atoms with E-state index >= 15 is 0 Å². The summed E-state index contributed by atoms with van der Waals surface area (Å²) in [6.07, 6.45) is 5.91. The molecule has 0 saturated heterocycles. The van der Waals surface area contributed by atoms with E-state index in [2.05, 4.69) is 65.8 Å². The Bertz CT molecular complexity index is 683. The van der Waals surface area contributed by atoms with Gasteiger partial charge in [-0.3, -0.25) is 0 Å². The Morgan fingerprint density at radius 1 is 1.04 bits per heavy atom. The first-order valence-corrected chi connectivity index (χ1v) is 8.29. The van der Waals surface area contributed by atoms with Crippen LogP contribution in [0.2, 0.25) is 0 Å². The molecule has 1 unspecified atom stereocenters. The van der Waals surface area contributed by atoms with Crippen molar-refractivity contribution in [2.24, 2.45) is 5.41 Å². The minimum absolute atomic E-state index is 0. The van der Waals surface area contributed by atoms with Gasteiger partial charge in [-0.2, -0.15) is 0 Å². The maximum Gasteiger partial charge on any atom is 0.0916 e. The van der Waals surface area contributed by atoms with Crippen LogP contribution in [-0.2, 0) is 33.6 Å². The van der Waals surface area contributed by atoms with Crippen LogP contribution >= 0.6 is 0 Å². The zero-order valence-electron chi connectivity index (χ0n) is 15.2. The van der Waals surface area contributed by atoms with Gasteiger partial charge in [0.15, 0.2) is 0 Å². The quantitative estimate of drug-likeness (QED) is 0.655. The average molecular weight is 344 g/mol. The fourth-order valence-corrected chi connectivity index (χ4v) is 3.45. The second-order valence-corrected chi connectivity index (χ2v) is 9.00. The molecule has 3 rings (SSSR count). The van der Waals surface area contributed by atoms with Crippen molar-refractivity contribution in [3.63, 3.8) is 0 Å². The van der Waals surface area contributed by atoms with Gasteiger partial charge in [-0.25, -0.2) is 0 Å². The number of allylic oxidation sites excluding steroid dienone is 2. The molecule has 122 valence electrons. The van der Waals surface area contributed by atoms with Crippen molar-refractivity contribution in [2.45, 2.75) is 65.4 Å². The maximum atomic E-state index is 11.0. The standard InChI is InChI=1S/C21H28O.Ti/c1-19(2,3)16-8-7-14-11-15-13-21(22,20(4,5)6)10-9-17(15)18(14)12-16;/h7-10,12,22H,11,13H2,1-6H3;. The molecule has 23 heavy (non-hydrogen) atoms. The molecule has 2 heteroatoms. The van der Waals surface area contributed by atoms with Crippen LogP contribution < -0.4 is 0 Å². The average Bonchev–Trinajstić information content (AvgIpc) is 2.72. The molecule has 0 bridgehead atoms. The van der Waals surface area contributed by atoms with Crippen molar-refractivity contribution in [1.29, 1.82) is 0 Å². The zero-order chi connectivity index (χ0) is 16.3. The Balaban J connectivity index is 0.00000192. The topological polar surface area (TPSA) is 20.2 Å². The van der Waals surface area contributed by atoms with E-state index in [9.17, 15) is 5.11 Å². The van der Waals surface area contributed by atoms with Gasteiger partial charge >= 0.3 is 0 Å². The predicted molar refractivity (Wildman–Crippen MR) is 93.9 cm³/mol. The van der Waals surface area contributed by atoms with E-state index in [0.29, 0.717) is 0 Å². The number of fused-ring (bicyclic) bond motifs is 2. The molecule has 2 aliphatic carbocycles. The predicted octanol–water partition coefficient (Wildman–Crippen LogP) is 5.03. The van der Waals surface area contributed by atoms with E-state index in [-0.39, 0.29) is 32.5 Å². The molecule has 0 aromatic heterocycles. The van der Waals surface area contributed by atoms with Gasteiger partial charge in [0.1, 0.15) is 0 Å². The van der Waals surface area contributed by atoms with Gasteiger partial charge in [-0.1, -0.05) is 77.5 Å². The summed E-state index contributed by atoms with van der Waals surface area (Å²) in [5.74, 6) is 0. The van der Waals surface area contributed by atoms with Crippen molar-refractivity contribution in [2.75, 3.05) is 0 Å². The van der Waals surface area contributed by atoms with Crippen LogP contribution in [0.3, 0.4) is 0 Å². The second kappa shape index (κ2) is 5.72. The molecule has 1 atom stereocenters. The maximum absolute atomic E-state index is 11.0. The first-order chi connectivity index (χ1) is 10.0. The van der Waals surface area contributed by atoms with Crippen LogP contribution in [0.15, 0.2) is 35.9 Å². The van der Waals surface area contributed by atoms with Gasteiger partial charge in [-0.05, 0) is 39.5 Å². The SMILES string of the molecule is CC(C)(C)c1ccc2c(c1)C1=C(C2)CC(O)(C(C)(C)C)C=C1.[Ti]. The van der Waals surface area contributed by atoms with E-state index < -0.39 is 5.60 Å². The molecule has 1 N–H and O–H groups in total. The number of rotatable bonds is 0. The smallest absolute Gasteiger partial charge is 0.0916 e. The Morgan fingerprint density at radius 3 is 2.26 bits per heavy atom. The molecule has 1 aromatic carbocycles. The van der Waals surface area contributed by atoms with E-state index in [1.54, 1.807) is 0 Å². The third kappa shape index (κ3) is 3.16. The van der Waals surface area contributed by atoms with Crippen LogP contribution in [-0.4, -0.2) is 10.7 Å². The zero-order valence-corrected chi connectivity index (χ0v) is 16.8. The fraction of sp³-hybridized carbons (Fsp3) is 0.524. The number of benzene rings is 1. The summed E-state index contributed by atoms with van der Waals surface area (Å²) in [5, 5.41) is 11.0. The van der Waals surface area contributed by atoms with Gasteiger partial charge in [0.2, 0.25) is 0 Å². The normalized spacial score (nSPS) is 23.4. The Hall–Kier alpha value is -0.626. The largest absolute Gasteiger partial charge is 0.385 e. The van der Waals surface area contributed by atoms with Crippen LogP contribution in [0.5, 0.6) is 0 Å². The summed E-state index contributed by atoms with van der Waals surface area (Å²) in [6, 6.07) is 6.89. The molecule has 0 saturated carbocycles. The first-order valence-electron chi connectivity index (χ1n) is 8.29. The molecule has 1 aromatic rings. The summed E-state index contributed by atoms with van der Waals surface area (Å²) in [4.78, 5) is 0. The van der Waals surface area contributed by atoms with Crippen molar-refractivity contribution >= 4 is 5.57 Å². The Morgan fingerprint density at radius 2 is 1.70 bits per heavy atom. The molecule has 0 radical (unpaired) electrons. The number of hydrogen-bond donors (Lipinski definition) is 1. The third-order valence-corrected chi connectivity index (χ3v) is 5.36. The summed E-state index contributed by atoms with van der Waals surface area (Å²) in [5.41, 5.74) is 6.17. The summed E-state index contributed by atoms with van der Waals surface area (Å²) in [7, 11) is 0. The van der Waals surface area contributed by atoms with Gasteiger partial charge in [-0.15, -0.1) is 0 Å². The van der Waals surface area contributed by atoms with E-state index in [4.69, 9.17) is 0 Å². The second-order valence-electron chi connectivity index (χ2n) is 9.00. The molecule has 1 nitrogen and oxygen atoms in total. The van der Waals surface area contributed by atoms with Crippen molar-refractivity contribution in [3.8, 4) is 0 Å². The molecule has 0 amide bonds. The van der Waals surface area contributed by atoms with Crippen LogP contribution in [0, 0.1) is 5.41 Å². The van der Waals surface area contributed by atoms with E-state index in [1.807, 2.05) is 6.08 Å². The molecule has 0 fully saturated rings. The summed E-state index contributed by atoms with van der Waals surface area (Å²) in [6.45, 7) is 13.1. The van der Waals surface area contributed by atoms with E-state index in [1.165, 1.54) is 27.8 Å². The minimum Gasteiger partial charge on any atom is -0.385 e. The number of aliphatic hydroxyl groups is 1. The molecular formula is C21H28OTi. The molecule has 0 spiro atoms. The minimum atomic E-state index is -0.735. The number of hydrogen-bond acceptors (Lipinski definition) is 1. The summed E-state index contributed by atoms with van der Waals surface area (Å²) < 4.78 is 0. The molecular weight excluding hydrogens is 316 g/mol. The Labute approximate surface area is 155 Å². The third-order valence-electron chi connectivity index (χ3n) is 5.36. The van der Waals surface area contributed by atoms with Crippen molar-refractivity contribution in [1.82, 2.24) is 0 Å². The van der Waals surface area contributed by atoms with Gasteiger partial charge in [0.25, 0.3) is 0 Å². The summed E-state index contributed by atoms with van der Waals surface area (Å²) >= 11 is 0. The fourth-order valence-electron chi connectivity index (χ4n) is 3.45. The van der Waals surface area contributed by atoms with Gasteiger partial charge in [0.05, 0.1) is 5.60 Å². The van der Waals surface area contributed by atoms with Gasteiger partial charge < -0.3 is 5.11 Å². The van der Waals surface area contributed by atoms with Crippen LogP contribution in [0.25, 0.3) is 5.57 Å². The van der Waals surface area contributed by atoms with Gasteiger partial charge in [0, 0.05) is 28.1 Å². The monoisotopic (exact) mass is 344 g/mol. The van der Waals surface area contributed by atoms with Crippen LogP contribution in [0.4, 0.5) is 0 Å². The Kier molecular flexibility index (Phi) is 4.66. The van der Waals surface area contributed by atoms with Crippen LogP contribution in [0.1, 0.15) is 64.7 Å².